The SMILES string of the molecule is CC(C)=CCc1c(OCCCCN2CCN(CCN(C)C)CC2)cc2oc3cc(OCCCCN4CCN(CCN(C)C)CC4)c(CO)c(CC=C(C)C)c3c(=O)c2c1O. The van der Waals surface area contributed by atoms with E-state index < -0.39 is 0 Å². The summed E-state index contributed by atoms with van der Waals surface area (Å²) in [4.78, 5) is 29.2. The molecular formula is C48H76N6O6. The number of phenols is 1. The number of nitrogens with zero attached hydrogens (tertiary/aromatic N) is 6. The maximum absolute atomic E-state index is 14.6. The number of benzene rings is 2. The molecule has 334 valence electrons. The molecule has 3 heterocycles. The van der Waals surface area contributed by atoms with Crippen LogP contribution >= 0.6 is 0 Å². The van der Waals surface area contributed by atoms with Crippen LogP contribution in [-0.4, -0.2) is 173 Å². The number of fused-ring (bicyclic) bond motifs is 2. The van der Waals surface area contributed by atoms with Crippen molar-refractivity contribution < 1.29 is 24.1 Å². The van der Waals surface area contributed by atoms with E-state index in [9.17, 15) is 15.0 Å². The van der Waals surface area contributed by atoms with Crippen molar-refractivity contribution in [3.63, 3.8) is 0 Å². The molecule has 0 unspecified atom stereocenters. The quantitative estimate of drug-likeness (QED) is 0.0682. The summed E-state index contributed by atoms with van der Waals surface area (Å²) >= 11 is 0. The third kappa shape index (κ3) is 13.8. The molecule has 5 rings (SSSR count). The second-order valence-electron chi connectivity index (χ2n) is 17.9. The Balaban J connectivity index is 1.32. The van der Waals surface area contributed by atoms with Gasteiger partial charge in [0.25, 0.3) is 0 Å². The number of ether oxygens (including phenoxy) is 2. The van der Waals surface area contributed by atoms with Crippen molar-refractivity contribution in [2.24, 2.45) is 0 Å². The first-order chi connectivity index (χ1) is 28.8. The summed E-state index contributed by atoms with van der Waals surface area (Å²) in [5, 5.41) is 23.1. The van der Waals surface area contributed by atoms with Gasteiger partial charge in [-0.3, -0.25) is 14.6 Å². The van der Waals surface area contributed by atoms with Crippen LogP contribution in [0, 0.1) is 0 Å². The molecule has 60 heavy (non-hydrogen) atoms. The van der Waals surface area contributed by atoms with Gasteiger partial charge in [-0.15, -0.1) is 0 Å². The van der Waals surface area contributed by atoms with Gasteiger partial charge in [-0.1, -0.05) is 23.3 Å². The van der Waals surface area contributed by atoms with Crippen LogP contribution in [0.5, 0.6) is 17.2 Å². The lowest BCUT2D eigenvalue weighted by molar-refractivity contribution is 0.122. The topological polar surface area (TPSA) is 109 Å². The molecule has 0 aliphatic carbocycles. The minimum absolute atomic E-state index is 0.114. The molecule has 2 aliphatic rings. The fourth-order valence-corrected chi connectivity index (χ4v) is 8.12. The fourth-order valence-electron chi connectivity index (χ4n) is 8.12. The predicted molar refractivity (Wildman–Crippen MR) is 246 cm³/mol. The number of unbranched alkanes of at least 4 members (excludes halogenated alkanes) is 2. The number of hydrogen-bond donors (Lipinski definition) is 2. The number of piperazine rings is 2. The van der Waals surface area contributed by atoms with Crippen LogP contribution in [0.15, 0.2) is 44.6 Å². The Kier molecular flexibility index (Phi) is 18.7. The fraction of sp³-hybridized carbons (Fsp3) is 0.646. The minimum atomic E-state index is -0.323. The number of hydrogen-bond acceptors (Lipinski definition) is 12. The van der Waals surface area contributed by atoms with Gasteiger partial charge in [0.2, 0.25) is 5.43 Å². The monoisotopic (exact) mass is 833 g/mol. The zero-order chi connectivity index (χ0) is 43.2. The molecule has 3 aromatic rings. The van der Waals surface area contributed by atoms with Gasteiger partial charge in [0.15, 0.2) is 0 Å². The van der Waals surface area contributed by atoms with Gasteiger partial charge in [-0.2, -0.15) is 0 Å². The number of aliphatic hydroxyl groups is 1. The molecule has 2 aromatic carbocycles. The maximum atomic E-state index is 14.6. The summed E-state index contributed by atoms with van der Waals surface area (Å²) < 4.78 is 19.4. The highest BCUT2D eigenvalue weighted by molar-refractivity contribution is 5.97. The maximum Gasteiger partial charge on any atom is 0.204 e. The van der Waals surface area contributed by atoms with Crippen molar-refractivity contribution in [1.29, 1.82) is 0 Å². The van der Waals surface area contributed by atoms with E-state index in [0.29, 0.717) is 65.2 Å². The number of likely N-dealkylation sites (N-methyl/N-ethyl adjacent to an activating group) is 2. The molecule has 0 spiro atoms. The van der Waals surface area contributed by atoms with Crippen LogP contribution in [-0.2, 0) is 19.4 Å². The van der Waals surface area contributed by atoms with Crippen molar-refractivity contribution in [2.45, 2.75) is 72.8 Å². The molecule has 2 saturated heterocycles. The molecule has 2 aliphatic heterocycles. The number of rotatable bonds is 23. The molecule has 2 N–H and O–H groups in total. The Morgan fingerprint density at radius 3 is 1.48 bits per heavy atom. The number of aromatic hydroxyl groups is 1. The van der Waals surface area contributed by atoms with Gasteiger partial charge in [-0.05, 0) is 113 Å². The Morgan fingerprint density at radius 2 is 1.05 bits per heavy atom. The number of allylic oxidation sites excluding steroid dienone is 4. The van der Waals surface area contributed by atoms with E-state index in [-0.39, 0.29) is 28.8 Å². The highest BCUT2D eigenvalue weighted by Crippen LogP contribution is 2.39. The van der Waals surface area contributed by atoms with E-state index >= 15 is 0 Å². The lowest BCUT2D eigenvalue weighted by Gasteiger charge is -2.35. The average Bonchev–Trinajstić information content (AvgIpc) is 3.21. The molecule has 0 atom stereocenters. The summed E-state index contributed by atoms with van der Waals surface area (Å²) in [6.07, 6.45) is 8.68. The van der Waals surface area contributed by atoms with E-state index in [0.717, 1.165) is 128 Å². The van der Waals surface area contributed by atoms with Crippen molar-refractivity contribution >= 4 is 21.9 Å². The van der Waals surface area contributed by atoms with Crippen molar-refractivity contribution in [1.82, 2.24) is 29.4 Å². The zero-order valence-electron chi connectivity index (χ0n) is 38.3. The summed E-state index contributed by atoms with van der Waals surface area (Å²) in [6, 6.07) is 3.52. The highest BCUT2D eigenvalue weighted by atomic mass is 16.5. The Morgan fingerprint density at radius 1 is 0.633 bits per heavy atom. The van der Waals surface area contributed by atoms with Crippen LogP contribution in [0.1, 0.15) is 70.1 Å². The average molecular weight is 833 g/mol. The van der Waals surface area contributed by atoms with Gasteiger partial charge in [0.05, 0.1) is 25.2 Å². The summed E-state index contributed by atoms with van der Waals surface area (Å²) in [7, 11) is 8.50. The molecule has 12 heteroatoms. The molecule has 0 saturated carbocycles. The van der Waals surface area contributed by atoms with Gasteiger partial charge < -0.3 is 43.7 Å². The van der Waals surface area contributed by atoms with E-state index in [1.807, 2.05) is 39.8 Å². The molecular weight excluding hydrogens is 757 g/mol. The third-order valence-electron chi connectivity index (χ3n) is 12.0. The highest BCUT2D eigenvalue weighted by Gasteiger charge is 2.24. The summed E-state index contributed by atoms with van der Waals surface area (Å²) in [5.41, 5.74) is 4.32. The minimum Gasteiger partial charge on any atom is -0.507 e. The molecule has 12 nitrogen and oxygen atoms in total. The van der Waals surface area contributed by atoms with Crippen LogP contribution in [0.2, 0.25) is 0 Å². The first-order valence-electron chi connectivity index (χ1n) is 22.5. The van der Waals surface area contributed by atoms with E-state index in [1.54, 1.807) is 12.1 Å². The standard InChI is InChI=1S/C48H76N6O6/c1-36(2)13-15-38-40(35-55)42(59-32-12-10-18-52-25-29-54(30-26-52)22-20-50(7)8)34-43-45(38)48(57)46-44(60-43)33-41(39(47(46)56)16-14-37(3)4)58-31-11-9-17-51-23-27-53(28-24-51)21-19-49(5)6/h13-14,33-34,55-56H,9-12,15-32,35H2,1-8H3. The Bertz CT molecular complexity index is 1930. The Labute approximate surface area is 360 Å². The van der Waals surface area contributed by atoms with E-state index in [2.05, 4.69) is 57.6 Å². The smallest absolute Gasteiger partial charge is 0.204 e. The van der Waals surface area contributed by atoms with Crippen molar-refractivity contribution in [3.8, 4) is 17.2 Å². The van der Waals surface area contributed by atoms with Crippen molar-refractivity contribution in [2.75, 3.05) is 133 Å². The molecule has 1 aromatic heterocycles. The van der Waals surface area contributed by atoms with Gasteiger partial charge in [0.1, 0.15) is 33.8 Å². The van der Waals surface area contributed by atoms with Gasteiger partial charge >= 0.3 is 0 Å². The van der Waals surface area contributed by atoms with Crippen LogP contribution in [0.4, 0.5) is 0 Å². The first-order valence-corrected chi connectivity index (χ1v) is 22.5. The van der Waals surface area contributed by atoms with Gasteiger partial charge in [0, 0.05) is 102 Å². The third-order valence-corrected chi connectivity index (χ3v) is 12.0. The number of phenolic OH excluding ortho intramolecular Hbond substituents is 1. The van der Waals surface area contributed by atoms with Crippen LogP contribution < -0.4 is 14.9 Å². The first kappa shape index (κ1) is 47.6. The number of aliphatic hydroxyl groups excluding tert-OH is 1. The normalized spacial score (nSPS) is 16.1. The second kappa shape index (κ2) is 23.7. The molecule has 0 radical (unpaired) electrons. The second-order valence-corrected chi connectivity index (χ2v) is 17.9. The summed E-state index contributed by atoms with van der Waals surface area (Å²) in [6.45, 7) is 24.0. The van der Waals surface area contributed by atoms with E-state index in [1.165, 1.54) is 0 Å². The lowest BCUT2D eigenvalue weighted by Crippen LogP contribution is -2.48. The van der Waals surface area contributed by atoms with Crippen LogP contribution in [0.3, 0.4) is 0 Å². The van der Waals surface area contributed by atoms with Gasteiger partial charge in [-0.25, -0.2) is 0 Å². The van der Waals surface area contributed by atoms with Crippen LogP contribution in [0.25, 0.3) is 21.9 Å². The molecule has 0 amide bonds. The largest absolute Gasteiger partial charge is 0.507 e. The molecule has 0 bridgehead atoms. The lowest BCUT2D eigenvalue weighted by atomic mass is 9.95. The molecule has 2 fully saturated rings. The Hall–Kier alpha value is -3.49. The summed E-state index contributed by atoms with van der Waals surface area (Å²) in [5.74, 6) is 0.935. The predicted octanol–water partition coefficient (Wildman–Crippen LogP) is 5.84. The van der Waals surface area contributed by atoms with Crippen molar-refractivity contribution in [3.05, 3.63) is 62.3 Å². The zero-order valence-corrected chi connectivity index (χ0v) is 38.3. The van der Waals surface area contributed by atoms with E-state index in [4.69, 9.17) is 13.9 Å².